The first kappa shape index (κ1) is 13.6. The Morgan fingerprint density at radius 3 is 2.95 bits per heavy atom. The van der Waals surface area contributed by atoms with Crippen LogP contribution in [0.25, 0.3) is 11.0 Å². The molecule has 0 spiro atoms. The molecule has 5 nitrogen and oxygen atoms in total. The lowest BCUT2D eigenvalue weighted by atomic mass is 10.2. The van der Waals surface area contributed by atoms with Crippen LogP contribution in [0.2, 0.25) is 0 Å². The number of rotatable bonds is 3. The summed E-state index contributed by atoms with van der Waals surface area (Å²) in [5.74, 6) is 0.0147. The summed E-state index contributed by atoms with van der Waals surface area (Å²) >= 11 is 1.57. The number of aromatic nitrogens is 1. The molecule has 0 radical (unpaired) electrons. The highest BCUT2D eigenvalue weighted by atomic mass is 32.1. The van der Waals surface area contributed by atoms with E-state index in [2.05, 4.69) is 10.3 Å². The van der Waals surface area contributed by atoms with Gasteiger partial charge in [-0.05, 0) is 38.1 Å². The predicted molar refractivity (Wildman–Crippen MR) is 83.4 cm³/mol. The van der Waals surface area contributed by atoms with Crippen LogP contribution in [0.15, 0.2) is 34.9 Å². The van der Waals surface area contributed by atoms with E-state index in [9.17, 15) is 4.79 Å². The minimum absolute atomic E-state index is 0.158. The molecule has 0 saturated heterocycles. The van der Waals surface area contributed by atoms with Gasteiger partial charge < -0.3 is 15.5 Å². The number of nitrogens with zero attached hydrogens (tertiary/aromatic N) is 1. The maximum Gasteiger partial charge on any atom is 0.287 e. The Labute approximate surface area is 125 Å². The molecule has 3 rings (SSSR count). The summed E-state index contributed by atoms with van der Waals surface area (Å²) in [6, 6.07) is 6.82. The molecule has 0 fully saturated rings. The average molecular weight is 301 g/mol. The Morgan fingerprint density at radius 1 is 1.43 bits per heavy atom. The summed E-state index contributed by atoms with van der Waals surface area (Å²) in [6.45, 7) is 3.89. The van der Waals surface area contributed by atoms with Gasteiger partial charge >= 0.3 is 0 Å². The fourth-order valence-corrected chi connectivity index (χ4v) is 2.85. The summed E-state index contributed by atoms with van der Waals surface area (Å²) in [5, 5.41) is 4.58. The van der Waals surface area contributed by atoms with Crippen molar-refractivity contribution in [3.05, 3.63) is 46.1 Å². The molecule has 1 unspecified atom stereocenters. The van der Waals surface area contributed by atoms with Crippen LogP contribution >= 0.6 is 11.3 Å². The highest BCUT2D eigenvalue weighted by molar-refractivity contribution is 7.11. The maximum absolute atomic E-state index is 12.2. The number of hydrogen-bond acceptors (Lipinski definition) is 5. The zero-order valence-electron chi connectivity index (χ0n) is 11.7. The third-order valence-corrected chi connectivity index (χ3v) is 4.22. The zero-order chi connectivity index (χ0) is 15.0. The minimum atomic E-state index is -0.259. The van der Waals surface area contributed by atoms with Gasteiger partial charge in [-0.3, -0.25) is 4.79 Å². The zero-order valence-corrected chi connectivity index (χ0v) is 12.5. The van der Waals surface area contributed by atoms with Gasteiger partial charge in [-0.2, -0.15) is 0 Å². The van der Waals surface area contributed by atoms with E-state index in [4.69, 9.17) is 10.2 Å². The summed E-state index contributed by atoms with van der Waals surface area (Å²) in [7, 11) is 0. The topological polar surface area (TPSA) is 81.2 Å². The van der Waals surface area contributed by atoms with Gasteiger partial charge in [0.2, 0.25) is 0 Å². The Hall–Kier alpha value is -2.34. The number of nitrogens with two attached hydrogens (primary N) is 1. The molecule has 0 saturated carbocycles. The third-order valence-electron chi connectivity index (χ3n) is 3.12. The van der Waals surface area contributed by atoms with Crippen LogP contribution in [0, 0.1) is 6.92 Å². The first-order chi connectivity index (χ1) is 10.0. The van der Waals surface area contributed by atoms with Crippen molar-refractivity contribution in [2.75, 3.05) is 5.73 Å². The van der Waals surface area contributed by atoms with Crippen molar-refractivity contribution in [1.29, 1.82) is 0 Å². The second-order valence-corrected chi connectivity index (χ2v) is 6.18. The van der Waals surface area contributed by atoms with Gasteiger partial charge in [0.1, 0.15) is 10.6 Å². The molecule has 1 aromatic carbocycles. The van der Waals surface area contributed by atoms with E-state index < -0.39 is 0 Å². The van der Waals surface area contributed by atoms with Crippen molar-refractivity contribution < 1.29 is 9.21 Å². The molecule has 2 aromatic heterocycles. The number of anilines is 1. The number of carbonyl (C=O) groups is 1. The monoisotopic (exact) mass is 301 g/mol. The van der Waals surface area contributed by atoms with Crippen LogP contribution < -0.4 is 11.1 Å². The number of fused-ring (bicyclic) bond motifs is 1. The largest absolute Gasteiger partial charge is 0.451 e. The summed E-state index contributed by atoms with van der Waals surface area (Å²) < 4.78 is 5.54. The van der Waals surface area contributed by atoms with E-state index in [0.29, 0.717) is 11.3 Å². The lowest BCUT2D eigenvalue weighted by Gasteiger charge is -2.09. The van der Waals surface area contributed by atoms with Crippen LogP contribution in [-0.4, -0.2) is 10.9 Å². The molecule has 1 amide bonds. The lowest BCUT2D eigenvalue weighted by Crippen LogP contribution is -2.26. The van der Waals surface area contributed by atoms with Crippen LogP contribution in [0.5, 0.6) is 0 Å². The molecular weight excluding hydrogens is 286 g/mol. The number of furan rings is 1. The molecule has 3 N–H and O–H groups in total. The number of benzene rings is 1. The Morgan fingerprint density at radius 2 is 2.24 bits per heavy atom. The van der Waals surface area contributed by atoms with E-state index in [1.54, 1.807) is 41.8 Å². The molecular formula is C15H15N3O2S. The smallest absolute Gasteiger partial charge is 0.287 e. The van der Waals surface area contributed by atoms with E-state index in [1.165, 1.54) is 0 Å². The molecule has 108 valence electrons. The molecule has 0 bridgehead atoms. The summed E-state index contributed by atoms with van der Waals surface area (Å²) in [4.78, 5) is 17.6. The van der Waals surface area contributed by atoms with Crippen LogP contribution in [0.3, 0.4) is 0 Å². The third kappa shape index (κ3) is 2.75. The predicted octanol–water partition coefficient (Wildman–Crippen LogP) is 3.27. The molecule has 1 atom stereocenters. The van der Waals surface area contributed by atoms with Gasteiger partial charge in [0.15, 0.2) is 5.76 Å². The second-order valence-electron chi connectivity index (χ2n) is 4.91. The lowest BCUT2D eigenvalue weighted by molar-refractivity contribution is 0.0914. The number of aryl methyl sites for hydroxylation is 1. The van der Waals surface area contributed by atoms with Crippen molar-refractivity contribution in [3.8, 4) is 0 Å². The van der Waals surface area contributed by atoms with E-state index >= 15 is 0 Å². The normalized spacial score (nSPS) is 12.5. The number of carbonyl (C=O) groups excluding carboxylic acids is 1. The Balaban J connectivity index is 1.80. The first-order valence-electron chi connectivity index (χ1n) is 6.55. The second kappa shape index (κ2) is 5.21. The van der Waals surface area contributed by atoms with Crippen molar-refractivity contribution in [1.82, 2.24) is 10.3 Å². The SMILES string of the molecule is Cc1cnc(C(C)NC(=O)c2cc3cc(N)ccc3o2)s1. The number of thiazole rings is 1. The van der Waals surface area contributed by atoms with Gasteiger partial charge in [0.25, 0.3) is 5.91 Å². The molecule has 6 heteroatoms. The molecule has 3 aromatic rings. The van der Waals surface area contributed by atoms with Crippen molar-refractivity contribution >= 4 is 33.9 Å². The van der Waals surface area contributed by atoms with Gasteiger partial charge in [-0.25, -0.2) is 4.98 Å². The molecule has 0 aliphatic carbocycles. The quantitative estimate of drug-likeness (QED) is 0.727. The number of nitrogen functional groups attached to an aromatic ring is 1. The van der Waals surface area contributed by atoms with Crippen LogP contribution in [0.4, 0.5) is 5.69 Å². The van der Waals surface area contributed by atoms with Gasteiger partial charge in [0, 0.05) is 22.1 Å². The molecule has 21 heavy (non-hydrogen) atoms. The number of hydrogen-bond donors (Lipinski definition) is 2. The maximum atomic E-state index is 12.2. The van der Waals surface area contributed by atoms with Crippen LogP contribution in [-0.2, 0) is 0 Å². The van der Waals surface area contributed by atoms with Gasteiger partial charge in [0.05, 0.1) is 6.04 Å². The highest BCUT2D eigenvalue weighted by Gasteiger charge is 2.17. The highest BCUT2D eigenvalue weighted by Crippen LogP contribution is 2.23. The van der Waals surface area contributed by atoms with E-state index in [-0.39, 0.29) is 17.7 Å². The average Bonchev–Trinajstić information content (AvgIpc) is 3.04. The first-order valence-corrected chi connectivity index (χ1v) is 7.37. The minimum Gasteiger partial charge on any atom is -0.451 e. The standard InChI is InChI=1S/C15H15N3O2S/c1-8-7-17-15(21-8)9(2)18-14(19)13-6-10-5-11(16)3-4-12(10)20-13/h3-7,9H,16H2,1-2H3,(H,18,19). The molecule has 2 heterocycles. The summed E-state index contributed by atoms with van der Waals surface area (Å²) in [5.41, 5.74) is 7.01. The van der Waals surface area contributed by atoms with E-state index in [1.807, 2.05) is 13.8 Å². The fourth-order valence-electron chi connectivity index (χ4n) is 2.08. The van der Waals surface area contributed by atoms with Crippen molar-refractivity contribution in [2.24, 2.45) is 0 Å². The number of nitrogens with one attached hydrogen (secondary N) is 1. The molecule has 0 aliphatic heterocycles. The Kier molecular flexibility index (Phi) is 3.39. The Bertz CT molecular complexity index is 806. The number of amides is 1. The van der Waals surface area contributed by atoms with E-state index in [0.717, 1.165) is 15.3 Å². The van der Waals surface area contributed by atoms with Crippen molar-refractivity contribution in [3.63, 3.8) is 0 Å². The molecule has 0 aliphatic rings. The van der Waals surface area contributed by atoms with Gasteiger partial charge in [-0.1, -0.05) is 0 Å². The van der Waals surface area contributed by atoms with Crippen LogP contribution in [0.1, 0.15) is 33.4 Å². The van der Waals surface area contributed by atoms with Crippen molar-refractivity contribution in [2.45, 2.75) is 19.9 Å². The fraction of sp³-hybridized carbons (Fsp3) is 0.200. The van der Waals surface area contributed by atoms with Gasteiger partial charge in [-0.15, -0.1) is 11.3 Å². The summed E-state index contributed by atoms with van der Waals surface area (Å²) in [6.07, 6.45) is 1.80.